The molecule has 22 heavy (non-hydrogen) atoms. The third-order valence-electron chi connectivity index (χ3n) is 2.97. The second kappa shape index (κ2) is 5.07. The molecule has 2 heterocycles. The molecule has 10 heteroatoms. The van der Waals surface area contributed by atoms with Gasteiger partial charge < -0.3 is 10.4 Å². The highest BCUT2D eigenvalue weighted by Crippen LogP contribution is 2.31. The van der Waals surface area contributed by atoms with Crippen molar-refractivity contribution in [2.24, 2.45) is 0 Å². The monoisotopic (exact) mass is 339 g/mol. The number of aromatic carboxylic acids is 1. The van der Waals surface area contributed by atoms with E-state index in [4.69, 9.17) is 5.11 Å². The zero-order valence-corrected chi connectivity index (χ0v) is 12.5. The van der Waals surface area contributed by atoms with Crippen LogP contribution in [-0.4, -0.2) is 34.8 Å². The molecule has 0 spiro atoms. The molecule has 1 aliphatic rings. The van der Waals surface area contributed by atoms with Crippen LogP contribution >= 0.6 is 11.3 Å². The van der Waals surface area contributed by atoms with E-state index in [2.05, 4.69) is 10.3 Å². The van der Waals surface area contributed by atoms with Crippen LogP contribution in [0.5, 0.6) is 0 Å². The van der Waals surface area contributed by atoms with Gasteiger partial charge in [-0.15, -0.1) is 11.3 Å². The summed E-state index contributed by atoms with van der Waals surface area (Å²) in [7, 11) is -4.00. The number of rotatable bonds is 3. The lowest BCUT2D eigenvalue weighted by molar-refractivity contribution is 0.0702. The van der Waals surface area contributed by atoms with Crippen molar-refractivity contribution in [1.29, 1.82) is 0 Å². The lowest BCUT2D eigenvalue weighted by atomic mass is 10.3. The van der Waals surface area contributed by atoms with Crippen molar-refractivity contribution in [3.63, 3.8) is 0 Å². The molecule has 0 bridgehead atoms. The number of benzene rings is 1. The van der Waals surface area contributed by atoms with Crippen LogP contribution in [0.2, 0.25) is 0 Å². The number of fused-ring (bicyclic) bond motifs is 1. The molecule has 1 aliphatic heterocycles. The van der Waals surface area contributed by atoms with Crippen LogP contribution in [0.15, 0.2) is 35.4 Å². The molecular weight excluding hydrogens is 330 g/mol. The Labute approximate surface area is 129 Å². The van der Waals surface area contributed by atoms with Crippen LogP contribution in [0.25, 0.3) is 0 Å². The van der Waals surface area contributed by atoms with E-state index in [0.717, 1.165) is 17.5 Å². The maximum absolute atomic E-state index is 12.5. The first-order chi connectivity index (χ1) is 10.4. The number of sulfonamides is 1. The Balaban J connectivity index is 1.97. The fourth-order valence-electron chi connectivity index (χ4n) is 1.96. The Bertz CT molecular complexity index is 874. The van der Waals surface area contributed by atoms with Crippen LogP contribution in [-0.2, 0) is 16.6 Å². The van der Waals surface area contributed by atoms with Crippen molar-refractivity contribution in [3.05, 3.63) is 40.3 Å². The van der Waals surface area contributed by atoms with Crippen molar-refractivity contribution < 1.29 is 23.1 Å². The topological polar surface area (TPSA) is 117 Å². The van der Waals surface area contributed by atoms with Gasteiger partial charge >= 0.3 is 12.0 Å². The van der Waals surface area contributed by atoms with Crippen LogP contribution < -0.4 is 5.32 Å². The third kappa shape index (κ3) is 2.31. The number of para-hydroxylation sites is 1. The van der Waals surface area contributed by atoms with Crippen molar-refractivity contribution >= 4 is 39.0 Å². The fraction of sp³-hybridized carbons (Fsp3) is 0.0833. The molecule has 2 aromatic rings. The summed E-state index contributed by atoms with van der Waals surface area (Å²) in [6.45, 7) is -0.319. The van der Waals surface area contributed by atoms with Crippen LogP contribution in [0.3, 0.4) is 0 Å². The molecule has 0 unspecified atom stereocenters. The number of anilines is 1. The molecule has 0 saturated heterocycles. The molecule has 0 aliphatic carbocycles. The normalized spacial score (nSPS) is 16.0. The summed E-state index contributed by atoms with van der Waals surface area (Å²) in [5.74, 6) is -1.15. The molecular formula is C12H9N3O5S2. The minimum Gasteiger partial charge on any atom is -0.477 e. The van der Waals surface area contributed by atoms with Gasteiger partial charge in [0, 0.05) is 0 Å². The maximum atomic E-state index is 12.5. The molecule has 0 atom stereocenters. The Kier molecular flexibility index (Phi) is 3.34. The summed E-state index contributed by atoms with van der Waals surface area (Å²) < 4.78 is 25.6. The van der Waals surface area contributed by atoms with Gasteiger partial charge in [-0.05, 0) is 12.1 Å². The number of nitrogens with one attached hydrogen (secondary N) is 1. The lowest BCUT2D eigenvalue weighted by Crippen LogP contribution is -2.43. The van der Waals surface area contributed by atoms with Gasteiger partial charge in [-0.3, -0.25) is 0 Å². The Hall–Kier alpha value is -2.46. The Morgan fingerprint density at radius 2 is 2.09 bits per heavy atom. The zero-order chi connectivity index (χ0) is 15.9. The Morgan fingerprint density at radius 3 is 2.77 bits per heavy atom. The summed E-state index contributed by atoms with van der Waals surface area (Å²) >= 11 is 0.822. The van der Waals surface area contributed by atoms with E-state index >= 15 is 0 Å². The lowest BCUT2D eigenvalue weighted by Gasteiger charge is -2.27. The van der Waals surface area contributed by atoms with Gasteiger partial charge in [0.1, 0.15) is 14.8 Å². The van der Waals surface area contributed by atoms with Gasteiger partial charge in [-0.1, -0.05) is 12.1 Å². The molecule has 3 rings (SSSR count). The smallest absolute Gasteiger partial charge is 0.347 e. The van der Waals surface area contributed by atoms with Crippen LogP contribution in [0.4, 0.5) is 10.5 Å². The molecule has 0 saturated carbocycles. The first kappa shape index (κ1) is 14.5. The standard InChI is InChI=1S/C12H9N3O5S2/c16-11(17)8-5-13-10(21-8)6-15-12(18)14-7-3-1-2-4-9(7)22(15,19)20/h1-5H,6H2,(H,14,18)(H,16,17). The number of hydrogen-bond donors (Lipinski definition) is 2. The summed E-state index contributed by atoms with van der Waals surface area (Å²) in [5.41, 5.74) is 0.217. The van der Waals surface area contributed by atoms with Crippen LogP contribution in [0, 0.1) is 0 Å². The van der Waals surface area contributed by atoms with Crippen molar-refractivity contribution in [3.8, 4) is 0 Å². The van der Waals surface area contributed by atoms with E-state index in [1.807, 2.05) is 0 Å². The second-order valence-corrected chi connectivity index (χ2v) is 7.31. The van der Waals surface area contributed by atoms with E-state index < -0.39 is 22.0 Å². The zero-order valence-electron chi connectivity index (χ0n) is 10.9. The highest BCUT2D eigenvalue weighted by Gasteiger charge is 2.37. The number of carboxylic acids is 1. The highest BCUT2D eigenvalue weighted by molar-refractivity contribution is 7.90. The number of amides is 2. The summed E-state index contributed by atoms with van der Waals surface area (Å²) in [4.78, 5) is 26.6. The number of carbonyl (C=O) groups excluding carboxylic acids is 1. The molecule has 1 aromatic carbocycles. The number of carbonyl (C=O) groups is 2. The SMILES string of the molecule is O=C(O)c1cnc(CN2C(=O)Nc3ccccc3S2(=O)=O)s1. The first-order valence-electron chi connectivity index (χ1n) is 6.00. The third-order valence-corrected chi connectivity index (χ3v) is 5.72. The van der Waals surface area contributed by atoms with E-state index in [1.165, 1.54) is 12.1 Å². The summed E-state index contributed by atoms with van der Waals surface area (Å²) in [5, 5.41) is 11.5. The number of nitrogens with zero attached hydrogens (tertiary/aromatic N) is 2. The van der Waals surface area contributed by atoms with Gasteiger partial charge in [0.05, 0.1) is 18.4 Å². The first-order valence-corrected chi connectivity index (χ1v) is 8.26. The summed E-state index contributed by atoms with van der Waals surface area (Å²) in [6.07, 6.45) is 1.13. The highest BCUT2D eigenvalue weighted by atomic mass is 32.2. The van der Waals surface area contributed by atoms with Gasteiger partial charge in [0.25, 0.3) is 10.0 Å². The maximum Gasteiger partial charge on any atom is 0.347 e. The number of urea groups is 1. The van der Waals surface area contributed by atoms with E-state index in [1.54, 1.807) is 12.1 Å². The molecule has 8 nitrogen and oxygen atoms in total. The molecule has 1 aromatic heterocycles. The van der Waals surface area contributed by atoms with Gasteiger partial charge in [-0.25, -0.2) is 27.3 Å². The minimum atomic E-state index is -4.00. The largest absolute Gasteiger partial charge is 0.477 e. The molecule has 0 fully saturated rings. The number of carboxylic acid groups (broad SMARTS) is 1. The molecule has 2 amide bonds. The second-order valence-electron chi connectivity index (χ2n) is 4.36. The predicted molar refractivity (Wildman–Crippen MR) is 77.3 cm³/mol. The number of thiazole rings is 1. The predicted octanol–water partition coefficient (Wildman–Crippen LogP) is 1.58. The van der Waals surface area contributed by atoms with Gasteiger partial charge in [0.2, 0.25) is 0 Å². The van der Waals surface area contributed by atoms with Crippen molar-refractivity contribution in [2.75, 3.05) is 5.32 Å². The fourth-order valence-corrected chi connectivity index (χ4v) is 4.23. The minimum absolute atomic E-state index is 0.00962. The summed E-state index contributed by atoms with van der Waals surface area (Å²) in [6, 6.07) is 5.25. The van der Waals surface area contributed by atoms with Gasteiger partial charge in [-0.2, -0.15) is 0 Å². The quantitative estimate of drug-likeness (QED) is 0.877. The molecule has 0 radical (unpaired) electrons. The number of hydrogen-bond acceptors (Lipinski definition) is 6. The average Bonchev–Trinajstić information content (AvgIpc) is 2.92. The number of aromatic nitrogens is 1. The van der Waals surface area contributed by atoms with Crippen molar-refractivity contribution in [2.45, 2.75) is 11.4 Å². The van der Waals surface area contributed by atoms with E-state index in [-0.39, 0.29) is 27.0 Å². The van der Waals surface area contributed by atoms with Crippen LogP contribution in [0.1, 0.15) is 14.7 Å². The van der Waals surface area contributed by atoms with E-state index in [9.17, 15) is 18.0 Å². The Morgan fingerprint density at radius 1 is 1.36 bits per heavy atom. The molecule has 114 valence electrons. The molecule has 2 N–H and O–H groups in total. The van der Waals surface area contributed by atoms with Gasteiger partial charge in [0.15, 0.2) is 0 Å². The average molecular weight is 339 g/mol. The van der Waals surface area contributed by atoms with Crippen molar-refractivity contribution in [1.82, 2.24) is 9.29 Å². The van der Waals surface area contributed by atoms with E-state index in [0.29, 0.717) is 4.31 Å².